The van der Waals surface area contributed by atoms with Gasteiger partial charge in [-0.3, -0.25) is 0 Å². The molecule has 0 aliphatic carbocycles. The van der Waals surface area contributed by atoms with Crippen molar-refractivity contribution in [2.75, 3.05) is 16.5 Å². The molecule has 2 aliphatic rings. The van der Waals surface area contributed by atoms with Crippen LogP contribution in [0.1, 0.15) is 0 Å². The third kappa shape index (κ3) is 5.04. The number of hydrogen-bond acceptors (Lipinski definition) is 4. The molecule has 2 aliphatic heterocycles. The Morgan fingerprint density at radius 3 is 1.89 bits per heavy atom. The Labute approximate surface area is 329 Å². The summed E-state index contributed by atoms with van der Waals surface area (Å²) in [4.78, 5) is 9.82. The summed E-state index contributed by atoms with van der Waals surface area (Å²) in [6, 6.07) is 63.1. The van der Waals surface area contributed by atoms with Crippen LogP contribution in [0.3, 0.4) is 0 Å². The van der Waals surface area contributed by atoms with E-state index in [0.717, 1.165) is 28.4 Å². The van der Waals surface area contributed by atoms with E-state index >= 15 is 0 Å². The zero-order valence-corrected chi connectivity index (χ0v) is 33.3. The van der Waals surface area contributed by atoms with Crippen LogP contribution in [0.5, 0.6) is 11.5 Å². The number of ether oxygens (including phenoxy) is 1. The van der Waals surface area contributed by atoms with Crippen molar-refractivity contribution in [3.8, 4) is 39.6 Å². The van der Waals surface area contributed by atoms with E-state index in [1.54, 1.807) is 0 Å². The van der Waals surface area contributed by atoms with Gasteiger partial charge in [0, 0.05) is 0 Å². The molecule has 0 spiro atoms. The summed E-state index contributed by atoms with van der Waals surface area (Å²) in [5.74, 6) is 7.58. The molecule has 9 aromatic rings. The summed E-state index contributed by atoms with van der Waals surface area (Å²) in [7, 11) is 0. The maximum atomic E-state index is 6.82. The maximum absolute atomic E-state index is 6.82. The van der Waals surface area contributed by atoms with Crippen LogP contribution in [0.2, 0.25) is 11.5 Å². The van der Waals surface area contributed by atoms with Gasteiger partial charge in [-0.25, -0.2) is 0 Å². The molecule has 6 heteroatoms. The molecule has 0 radical (unpaired) electrons. The molecular weight excluding hydrogens is 745 g/mol. The predicted molar refractivity (Wildman–Crippen MR) is 235 cm³/mol. The summed E-state index contributed by atoms with van der Waals surface area (Å²) in [6.07, 6.45) is 1.85. The Kier molecular flexibility index (Phi) is 7.48. The standard InChI is InChI=1S/C50H38GeN4O/c1-51(2)42-29-27-37(56-36-26-28-41-40-19-9-10-23-44(40)55(46(41)31-36)48-25-11-12-30-52-48)32-47(42)54-33-53(45-24-14-22-43(51)50(45)54)49-38(34-15-5-3-6-16-34)20-13-21-39(49)35-17-7-4-8-18-35/h3-32H,33H2,1-2H3. The fourth-order valence-corrected chi connectivity index (χ4v) is 15.4. The van der Waals surface area contributed by atoms with E-state index in [2.05, 4.69) is 190 Å². The molecular formula is C50H38GeN4O. The summed E-state index contributed by atoms with van der Waals surface area (Å²) < 4.78 is 12.0. The van der Waals surface area contributed by atoms with Crippen LogP contribution in [-0.4, -0.2) is 29.5 Å². The Bertz CT molecular complexity index is 2900. The van der Waals surface area contributed by atoms with Gasteiger partial charge in [0.05, 0.1) is 0 Å². The van der Waals surface area contributed by atoms with Crippen LogP contribution < -0.4 is 23.3 Å². The second-order valence-corrected chi connectivity index (χ2v) is 24.3. The molecule has 0 fully saturated rings. The van der Waals surface area contributed by atoms with E-state index in [4.69, 9.17) is 9.72 Å². The molecule has 4 heterocycles. The second-order valence-electron chi connectivity index (χ2n) is 15.2. The quantitative estimate of drug-likeness (QED) is 0.157. The van der Waals surface area contributed by atoms with Crippen molar-refractivity contribution in [3.63, 3.8) is 0 Å². The van der Waals surface area contributed by atoms with Crippen molar-refractivity contribution in [2.45, 2.75) is 11.5 Å². The van der Waals surface area contributed by atoms with Gasteiger partial charge < -0.3 is 0 Å². The average Bonchev–Trinajstić information content (AvgIpc) is 3.80. The molecule has 11 rings (SSSR count). The summed E-state index contributed by atoms with van der Waals surface area (Å²) in [5.41, 5.74) is 12.1. The van der Waals surface area contributed by atoms with Gasteiger partial charge >= 0.3 is 325 Å². The van der Waals surface area contributed by atoms with Crippen LogP contribution in [0.25, 0.3) is 49.9 Å². The van der Waals surface area contributed by atoms with Gasteiger partial charge in [-0.1, -0.05) is 0 Å². The first-order valence-corrected chi connectivity index (χ1v) is 25.5. The van der Waals surface area contributed by atoms with Gasteiger partial charge in [0.25, 0.3) is 0 Å². The first-order chi connectivity index (χ1) is 27.5. The molecule has 268 valence electrons. The fourth-order valence-electron chi connectivity index (χ4n) is 9.10. The van der Waals surface area contributed by atoms with Crippen molar-refractivity contribution in [1.29, 1.82) is 0 Å². The molecule has 0 bridgehead atoms. The van der Waals surface area contributed by atoms with Crippen LogP contribution in [0, 0.1) is 0 Å². The van der Waals surface area contributed by atoms with Gasteiger partial charge in [0.2, 0.25) is 0 Å². The Morgan fingerprint density at radius 1 is 0.500 bits per heavy atom. The number of pyridine rings is 1. The van der Waals surface area contributed by atoms with Crippen molar-refractivity contribution < 1.29 is 4.74 Å². The van der Waals surface area contributed by atoms with Gasteiger partial charge in [0.15, 0.2) is 0 Å². The summed E-state index contributed by atoms with van der Waals surface area (Å²) in [6.45, 7) is 0.695. The number of hydrogen-bond donors (Lipinski definition) is 0. The Morgan fingerprint density at radius 2 is 1.14 bits per heavy atom. The minimum absolute atomic E-state index is 0.695. The molecule has 2 aromatic heterocycles. The average molecular weight is 783 g/mol. The number of fused-ring (bicyclic) bond motifs is 5. The molecule has 7 aromatic carbocycles. The topological polar surface area (TPSA) is 33.5 Å². The molecule has 0 saturated heterocycles. The second kappa shape index (κ2) is 12.8. The first-order valence-electron chi connectivity index (χ1n) is 19.2. The SMILES string of the molecule is [CH3][Ge]1([CH3])[c]2ccc(Oc3ccc4c5ccccc5n(-c5ccccn5)c4c3)cc2N2CN(c3c(-c4ccccc4)cccc3-c3ccccc3)c3ccc[c]1c32. The van der Waals surface area contributed by atoms with E-state index in [-0.39, 0.29) is 0 Å². The van der Waals surface area contributed by atoms with E-state index in [0.29, 0.717) is 6.67 Å². The van der Waals surface area contributed by atoms with Gasteiger partial charge in [-0.2, -0.15) is 0 Å². The first kappa shape index (κ1) is 32.8. The van der Waals surface area contributed by atoms with Gasteiger partial charge in [-0.05, 0) is 6.07 Å². The van der Waals surface area contributed by atoms with E-state index < -0.39 is 13.3 Å². The molecule has 0 unspecified atom stereocenters. The normalized spacial score (nSPS) is 13.9. The minimum atomic E-state index is -2.76. The third-order valence-corrected chi connectivity index (χ3v) is 19.1. The van der Waals surface area contributed by atoms with Gasteiger partial charge in [-0.15, -0.1) is 0 Å². The molecule has 56 heavy (non-hydrogen) atoms. The van der Waals surface area contributed by atoms with E-state index in [1.807, 2.05) is 18.3 Å². The third-order valence-electron chi connectivity index (χ3n) is 11.7. The molecule has 0 amide bonds. The van der Waals surface area contributed by atoms with Crippen LogP contribution in [0.4, 0.5) is 22.7 Å². The number of nitrogens with zero attached hydrogens (tertiary/aromatic N) is 4. The molecule has 0 saturated carbocycles. The summed E-state index contributed by atoms with van der Waals surface area (Å²) in [5, 5.41) is 2.37. The van der Waals surface area contributed by atoms with Crippen molar-refractivity contribution in [3.05, 3.63) is 182 Å². The number of aromatic nitrogens is 2. The zero-order chi connectivity index (χ0) is 37.4. The molecule has 5 nitrogen and oxygen atoms in total. The predicted octanol–water partition coefficient (Wildman–Crippen LogP) is 11.7. The van der Waals surface area contributed by atoms with Gasteiger partial charge in [0.1, 0.15) is 0 Å². The Hall–Kier alpha value is -6.57. The van der Waals surface area contributed by atoms with Crippen LogP contribution in [-0.2, 0) is 0 Å². The Balaban J connectivity index is 1.04. The number of para-hydroxylation sites is 3. The summed E-state index contributed by atoms with van der Waals surface area (Å²) >= 11 is -2.76. The monoisotopic (exact) mass is 784 g/mol. The zero-order valence-electron chi connectivity index (χ0n) is 31.2. The number of rotatable bonds is 6. The number of anilines is 4. The van der Waals surface area contributed by atoms with E-state index in [9.17, 15) is 0 Å². The fraction of sp³-hybridized carbons (Fsp3) is 0.0600. The number of benzene rings is 7. The van der Waals surface area contributed by atoms with E-state index in [1.165, 1.54) is 64.6 Å². The molecule has 0 N–H and O–H groups in total. The van der Waals surface area contributed by atoms with Crippen molar-refractivity contribution in [2.24, 2.45) is 0 Å². The molecule has 0 atom stereocenters. The van der Waals surface area contributed by atoms with Crippen molar-refractivity contribution >= 4 is 66.6 Å². The van der Waals surface area contributed by atoms with Crippen LogP contribution >= 0.6 is 0 Å². The van der Waals surface area contributed by atoms with Crippen molar-refractivity contribution in [1.82, 2.24) is 9.55 Å². The van der Waals surface area contributed by atoms with Crippen LogP contribution in [0.15, 0.2) is 182 Å².